The molecular weight excluding hydrogens is 269 g/mol. The Bertz CT molecular complexity index is 414. The third-order valence-electron chi connectivity index (χ3n) is 2.32. The van der Waals surface area contributed by atoms with Crippen LogP contribution in [0.25, 0.3) is 0 Å². The molecule has 17 heavy (non-hydrogen) atoms. The maximum absolute atomic E-state index is 11.9. The second-order valence-electron chi connectivity index (χ2n) is 3.36. The van der Waals surface area contributed by atoms with Gasteiger partial charge in [-0.1, -0.05) is 0 Å². The van der Waals surface area contributed by atoms with Gasteiger partial charge >= 0.3 is 51.4 Å². The number of carbonyl (C=O) groups excluding carboxylic acids is 2. The first kappa shape index (κ1) is 15.3. The zero-order valence-electron chi connectivity index (χ0n) is 9.47. The Balaban J connectivity index is 0.00000144. The standard InChI is InChI=1S/C10H11NO4S.K/c12-9(11-3-5-15-6-4-11)7-1-2-8(16-7)10(13)14;/h1-2H,3-6H2,(H,13,14);/q;+1/p-1. The van der Waals surface area contributed by atoms with Crippen LogP contribution in [0, 0.1) is 0 Å². The van der Waals surface area contributed by atoms with Crippen LogP contribution < -0.4 is 56.5 Å². The monoisotopic (exact) mass is 279 g/mol. The van der Waals surface area contributed by atoms with E-state index in [1.54, 1.807) is 4.90 Å². The number of carboxylic acid groups (broad SMARTS) is 1. The van der Waals surface area contributed by atoms with Gasteiger partial charge in [-0.3, -0.25) is 4.79 Å². The van der Waals surface area contributed by atoms with E-state index in [9.17, 15) is 14.7 Å². The Morgan fingerprint density at radius 3 is 2.35 bits per heavy atom. The van der Waals surface area contributed by atoms with Gasteiger partial charge in [0.05, 0.1) is 28.9 Å². The van der Waals surface area contributed by atoms with Gasteiger partial charge in [0, 0.05) is 13.1 Å². The Labute approximate surface area is 145 Å². The van der Waals surface area contributed by atoms with Gasteiger partial charge in [0.25, 0.3) is 5.91 Å². The molecule has 5 nitrogen and oxygen atoms in total. The summed E-state index contributed by atoms with van der Waals surface area (Å²) in [5, 5.41) is 10.6. The number of nitrogens with zero attached hydrogens (tertiary/aromatic N) is 1. The molecule has 0 radical (unpaired) electrons. The summed E-state index contributed by atoms with van der Waals surface area (Å²) < 4.78 is 5.13. The molecule has 0 saturated carbocycles. The number of morpholine rings is 1. The molecule has 1 aliphatic heterocycles. The van der Waals surface area contributed by atoms with Crippen LogP contribution in [0.5, 0.6) is 0 Å². The van der Waals surface area contributed by atoms with Crippen LogP contribution in [0.2, 0.25) is 0 Å². The maximum atomic E-state index is 11.9. The molecule has 1 aliphatic rings. The first-order valence-electron chi connectivity index (χ1n) is 4.86. The van der Waals surface area contributed by atoms with Gasteiger partial charge in [-0.25, -0.2) is 0 Å². The molecular formula is C10H10KNO4S. The molecule has 0 spiro atoms. The predicted molar refractivity (Wildman–Crippen MR) is 55.4 cm³/mol. The number of thiophene rings is 1. The van der Waals surface area contributed by atoms with E-state index in [-0.39, 0.29) is 62.2 Å². The maximum Gasteiger partial charge on any atom is 1.00 e. The zero-order valence-corrected chi connectivity index (χ0v) is 13.4. The third-order valence-corrected chi connectivity index (χ3v) is 3.37. The Hall–Kier alpha value is 0.236. The minimum atomic E-state index is -1.24. The van der Waals surface area contributed by atoms with Crippen LogP contribution in [0.3, 0.4) is 0 Å². The molecule has 0 aliphatic carbocycles. The summed E-state index contributed by atoms with van der Waals surface area (Å²) in [6.45, 7) is 2.17. The molecule has 0 bridgehead atoms. The van der Waals surface area contributed by atoms with Crippen LogP contribution in [0.4, 0.5) is 0 Å². The molecule has 1 amide bonds. The van der Waals surface area contributed by atoms with Gasteiger partial charge < -0.3 is 19.5 Å². The molecule has 86 valence electrons. The summed E-state index contributed by atoms with van der Waals surface area (Å²) >= 11 is 0.949. The third kappa shape index (κ3) is 3.85. The molecule has 1 saturated heterocycles. The number of aromatic carboxylic acids is 1. The van der Waals surface area contributed by atoms with Gasteiger partial charge in [0.15, 0.2) is 0 Å². The van der Waals surface area contributed by atoms with Crippen molar-refractivity contribution >= 4 is 23.2 Å². The van der Waals surface area contributed by atoms with Crippen molar-refractivity contribution in [3.63, 3.8) is 0 Å². The van der Waals surface area contributed by atoms with Gasteiger partial charge in [0.1, 0.15) is 0 Å². The summed E-state index contributed by atoms with van der Waals surface area (Å²) in [5.74, 6) is -1.38. The van der Waals surface area contributed by atoms with Crippen molar-refractivity contribution in [2.75, 3.05) is 26.3 Å². The van der Waals surface area contributed by atoms with Gasteiger partial charge in [0.2, 0.25) is 0 Å². The van der Waals surface area contributed by atoms with E-state index in [4.69, 9.17) is 4.74 Å². The summed E-state index contributed by atoms with van der Waals surface area (Å²) in [7, 11) is 0. The van der Waals surface area contributed by atoms with Crippen molar-refractivity contribution in [1.29, 1.82) is 0 Å². The molecule has 0 atom stereocenters. The Morgan fingerprint density at radius 1 is 1.24 bits per heavy atom. The van der Waals surface area contributed by atoms with E-state index in [1.807, 2.05) is 0 Å². The summed E-state index contributed by atoms with van der Waals surface area (Å²) in [6.07, 6.45) is 0. The molecule has 0 unspecified atom stereocenters. The quantitative estimate of drug-likeness (QED) is 0.529. The first-order chi connectivity index (χ1) is 7.68. The number of carboxylic acids is 1. The molecule has 1 aromatic heterocycles. The van der Waals surface area contributed by atoms with Crippen LogP contribution in [-0.2, 0) is 4.74 Å². The number of hydrogen-bond acceptors (Lipinski definition) is 5. The summed E-state index contributed by atoms with van der Waals surface area (Å²) in [6, 6.07) is 2.92. The minimum absolute atomic E-state index is 0. The van der Waals surface area contributed by atoms with Crippen molar-refractivity contribution in [1.82, 2.24) is 4.90 Å². The van der Waals surface area contributed by atoms with Crippen molar-refractivity contribution in [3.05, 3.63) is 21.9 Å². The van der Waals surface area contributed by atoms with Crippen molar-refractivity contribution in [2.45, 2.75) is 0 Å². The molecule has 7 heteroatoms. The number of rotatable bonds is 2. The Kier molecular flexibility index (Phi) is 6.28. The van der Waals surface area contributed by atoms with Gasteiger partial charge in [-0.15, -0.1) is 11.3 Å². The van der Waals surface area contributed by atoms with Crippen molar-refractivity contribution in [2.24, 2.45) is 0 Å². The van der Waals surface area contributed by atoms with Crippen LogP contribution >= 0.6 is 11.3 Å². The molecule has 1 aromatic rings. The number of ether oxygens (including phenoxy) is 1. The van der Waals surface area contributed by atoms with E-state index in [2.05, 4.69) is 0 Å². The molecule has 0 N–H and O–H groups in total. The molecule has 0 aromatic carbocycles. The second kappa shape index (κ2) is 6.98. The zero-order chi connectivity index (χ0) is 11.5. The normalized spacial score (nSPS) is 15.2. The van der Waals surface area contributed by atoms with E-state index >= 15 is 0 Å². The largest absolute Gasteiger partial charge is 1.00 e. The van der Waals surface area contributed by atoms with E-state index < -0.39 is 5.97 Å². The average Bonchev–Trinajstić information content (AvgIpc) is 2.78. The van der Waals surface area contributed by atoms with E-state index in [0.29, 0.717) is 31.2 Å². The fourth-order valence-electron chi connectivity index (χ4n) is 1.48. The predicted octanol–water partition coefficient (Wildman–Crippen LogP) is -3.41. The number of hydrogen-bond donors (Lipinski definition) is 0. The molecule has 2 heterocycles. The van der Waals surface area contributed by atoms with Crippen molar-refractivity contribution < 1.29 is 70.8 Å². The average molecular weight is 279 g/mol. The topological polar surface area (TPSA) is 69.7 Å². The molecule has 2 rings (SSSR count). The van der Waals surface area contributed by atoms with Crippen LogP contribution in [0.15, 0.2) is 12.1 Å². The number of amides is 1. The van der Waals surface area contributed by atoms with E-state index in [0.717, 1.165) is 11.3 Å². The Morgan fingerprint density at radius 2 is 1.82 bits per heavy atom. The van der Waals surface area contributed by atoms with Gasteiger partial charge in [-0.05, 0) is 12.1 Å². The fourth-order valence-corrected chi connectivity index (χ4v) is 2.29. The summed E-state index contributed by atoms with van der Waals surface area (Å²) in [4.78, 5) is 24.6. The molecule has 1 fully saturated rings. The first-order valence-corrected chi connectivity index (χ1v) is 5.68. The smallest absolute Gasteiger partial charge is 0.544 e. The minimum Gasteiger partial charge on any atom is -0.544 e. The SMILES string of the molecule is O=C([O-])c1ccc(C(=O)N2CCOCC2)s1.[K+]. The van der Waals surface area contributed by atoms with Crippen LogP contribution in [-0.4, -0.2) is 43.1 Å². The van der Waals surface area contributed by atoms with Crippen LogP contribution in [0.1, 0.15) is 19.3 Å². The summed E-state index contributed by atoms with van der Waals surface area (Å²) in [5.41, 5.74) is 0. The number of carbonyl (C=O) groups is 2. The van der Waals surface area contributed by atoms with E-state index in [1.165, 1.54) is 12.1 Å². The van der Waals surface area contributed by atoms with Crippen molar-refractivity contribution in [3.8, 4) is 0 Å². The fraction of sp³-hybridized carbons (Fsp3) is 0.400. The van der Waals surface area contributed by atoms with Gasteiger partial charge in [-0.2, -0.15) is 0 Å². The second-order valence-corrected chi connectivity index (χ2v) is 4.44.